The van der Waals surface area contributed by atoms with Gasteiger partial charge in [-0.25, -0.2) is 5.43 Å². The highest BCUT2D eigenvalue weighted by Crippen LogP contribution is 2.35. The fourth-order valence-electron chi connectivity index (χ4n) is 4.61. The molecule has 0 spiro atoms. The lowest BCUT2D eigenvalue weighted by atomic mass is 9.99. The van der Waals surface area contributed by atoms with Crippen molar-refractivity contribution in [1.82, 2.24) is 20.8 Å². The first-order valence-electron chi connectivity index (χ1n) is 11.4. The molecule has 0 bridgehead atoms. The van der Waals surface area contributed by atoms with Crippen molar-refractivity contribution in [1.29, 1.82) is 0 Å². The van der Waals surface area contributed by atoms with Gasteiger partial charge in [-0.2, -0.15) is 5.10 Å². The quantitative estimate of drug-likeness (QED) is 0.618. The molecule has 0 radical (unpaired) electrons. The first-order valence-corrected chi connectivity index (χ1v) is 12.4. The lowest BCUT2D eigenvalue weighted by molar-refractivity contribution is -0.113. The van der Waals surface area contributed by atoms with E-state index < -0.39 is 0 Å². The Morgan fingerprint density at radius 2 is 1.97 bits per heavy atom. The molecule has 4 aliphatic rings. The Bertz CT molecular complexity index is 1150. The SMILES string of the molecule is Cc1ccc(C2CC3C4NN=C(SCC(=O)Nc5ccc6c(c5)OCCO6)N4C=CN3N2)cc1. The number of anilines is 1. The van der Waals surface area contributed by atoms with Gasteiger partial charge in [-0.1, -0.05) is 41.6 Å². The van der Waals surface area contributed by atoms with E-state index in [-0.39, 0.29) is 29.9 Å². The summed E-state index contributed by atoms with van der Waals surface area (Å²) in [5, 5.41) is 10.4. The molecule has 10 heteroatoms. The van der Waals surface area contributed by atoms with Gasteiger partial charge in [0, 0.05) is 24.2 Å². The van der Waals surface area contributed by atoms with Crippen molar-refractivity contribution in [2.75, 3.05) is 24.3 Å². The van der Waals surface area contributed by atoms with Crippen molar-refractivity contribution in [2.24, 2.45) is 5.10 Å². The van der Waals surface area contributed by atoms with Crippen LogP contribution in [0.4, 0.5) is 5.69 Å². The zero-order valence-corrected chi connectivity index (χ0v) is 19.5. The second kappa shape index (κ2) is 8.77. The van der Waals surface area contributed by atoms with Crippen molar-refractivity contribution in [2.45, 2.75) is 31.6 Å². The Kier molecular flexibility index (Phi) is 5.46. The summed E-state index contributed by atoms with van der Waals surface area (Å²) in [6.45, 7) is 3.15. The summed E-state index contributed by atoms with van der Waals surface area (Å²) in [5.41, 5.74) is 10.1. The predicted octanol–water partition coefficient (Wildman–Crippen LogP) is 2.75. The molecule has 0 saturated carbocycles. The van der Waals surface area contributed by atoms with E-state index in [0.29, 0.717) is 30.4 Å². The van der Waals surface area contributed by atoms with Crippen LogP contribution >= 0.6 is 11.8 Å². The van der Waals surface area contributed by atoms with E-state index in [1.54, 1.807) is 6.07 Å². The molecule has 9 nitrogen and oxygen atoms in total. The minimum atomic E-state index is -0.0996. The molecule has 1 fully saturated rings. The van der Waals surface area contributed by atoms with Crippen LogP contribution in [0.3, 0.4) is 0 Å². The predicted molar refractivity (Wildman–Crippen MR) is 131 cm³/mol. The van der Waals surface area contributed by atoms with E-state index in [0.717, 1.165) is 11.6 Å². The second-order valence-electron chi connectivity index (χ2n) is 8.67. The van der Waals surface area contributed by atoms with E-state index in [1.165, 1.54) is 22.9 Å². The van der Waals surface area contributed by atoms with Crippen molar-refractivity contribution >= 4 is 28.5 Å². The number of rotatable bonds is 4. The van der Waals surface area contributed by atoms with E-state index >= 15 is 0 Å². The fraction of sp³-hybridized carbons (Fsp3) is 0.333. The van der Waals surface area contributed by atoms with E-state index in [9.17, 15) is 4.79 Å². The van der Waals surface area contributed by atoms with Gasteiger partial charge in [-0.05, 0) is 31.0 Å². The average molecular weight is 479 g/mol. The summed E-state index contributed by atoms with van der Waals surface area (Å²) in [4.78, 5) is 14.7. The number of ether oxygens (including phenoxy) is 2. The third-order valence-electron chi connectivity index (χ3n) is 6.34. The summed E-state index contributed by atoms with van der Waals surface area (Å²) < 4.78 is 11.1. The molecule has 3 atom stereocenters. The number of thioether (sulfide) groups is 1. The Morgan fingerprint density at radius 1 is 1.15 bits per heavy atom. The van der Waals surface area contributed by atoms with Gasteiger partial charge < -0.3 is 24.7 Å². The summed E-state index contributed by atoms with van der Waals surface area (Å²) in [5.74, 6) is 1.51. The van der Waals surface area contributed by atoms with E-state index in [1.807, 2.05) is 24.5 Å². The molecule has 2 aromatic rings. The molecular formula is C24H26N6O3S. The summed E-state index contributed by atoms with van der Waals surface area (Å²) >= 11 is 1.41. The highest BCUT2D eigenvalue weighted by atomic mass is 32.2. The van der Waals surface area contributed by atoms with Crippen LogP contribution in [0.15, 0.2) is 60.0 Å². The number of amides is 1. The Morgan fingerprint density at radius 3 is 2.82 bits per heavy atom. The Labute approximate surface area is 202 Å². The monoisotopic (exact) mass is 478 g/mol. The molecule has 1 amide bonds. The number of hydrazone groups is 1. The second-order valence-corrected chi connectivity index (χ2v) is 9.61. The van der Waals surface area contributed by atoms with Crippen LogP contribution in [0.2, 0.25) is 0 Å². The van der Waals surface area contributed by atoms with Crippen molar-refractivity contribution < 1.29 is 14.3 Å². The zero-order valence-electron chi connectivity index (χ0n) is 18.7. The highest BCUT2D eigenvalue weighted by Gasteiger charge is 2.44. The first kappa shape index (κ1) is 21.2. The topological polar surface area (TPSA) is 90.5 Å². The van der Waals surface area contributed by atoms with Crippen LogP contribution in [0, 0.1) is 6.92 Å². The maximum absolute atomic E-state index is 12.6. The van der Waals surface area contributed by atoms with E-state index in [4.69, 9.17) is 9.47 Å². The van der Waals surface area contributed by atoms with Gasteiger partial charge in [0.05, 0.1) is 17.8 Å². The molecule has 1 saturated heterocycles. The number of carbonyl (C=O) groups is 1. The molecule has 176 valence electrons. The molecule has 34 heavy (non-hydrogen) atoms. The standard InChI is InChI=1S/C24H26N6O3S/c1-15-2-4-16(5-3-15)18-13-19-23-26-27-24(29(23)8-9-30(19)28-18)34-14-22(31)25-17-6-7-20-21(12-17)33-11-10-32-20/h2-9,12,18-19,23,26,28H,10-11,13-14H2,1H3,(H,25,31). The van der Waals surface area contributed by atoms with Crippen LogP contribution in [-0.2, 0) is 4.79 Å². The zero-order chi connectivity index (χ0) is 23.1. The van der Waals surface area contributed by atoms with Crippen molar-refractivity contribution in [3.63, 3.8) is 0 Å². The van der Waals surface area contributed by atoms with Gasteiger partial charge >= 0.3 is 0 Å². The van der Waals surface area contributed by atoms with Crippen LogP contribution in [0.1, 0.15) is 23.6 Å². The number of fused-ring (bicyclic) bond motifs is 4. The molecule has 6 rings (SSSR count). The average Bonchev–Trinajstić information content (AvgIpc) is 3.47. The largest absolute Gasteiger partial charge is 0.486 e. The maximum atomic E-state index is 12.6. The van der Waals surface area contributed by atoms with Gasteiger partial charge in [-0.15, -0.1) is 0 Å². The number of aryl methyl sites for hydroxylation is 1. The first-order chi connectivity index (χ1) is 16.6. The van der Waals surface area contributed by atoms with Crippen LogP contribution in [0.5, 0.6) is 11.5 Å². The van der Waals surface area contributed by atoms with Gasteiger partial charge in [0.1, 0.15) is 19.4 Å². The smallest absolute Gasteiger partial charge is 0.234 e. The molecule has 4 heterocycles. The minimum absolute atomic E-state index is 0.0244. The van der Waals surface area contributed by atoms with Crippen LogP contribution in [0.25, 0.3) is 0 Å². The van der Waals surface area contributed by atoms with Gasteiger partial charge in [0.2, 0.25) is 5.91 Å². The number of benzene rings is 2. The Balaban J connectivity index is 1.05. The number of carbonyl (C=O) groups excluding carboxylic acids is 1. The third-order valence-corrected chi connectivity index (χ3v) is 7.31. The number of nitrogens with one attached hydrogen (secondary N) is 3. The fourth-order valence-corrected chi connectivity index (χ4v) is 5.39. The molecule has 4 aliphatic heterocycles. The Hall–Kier alpha value is -3.37. The minimum Gasteiger partial charge on any atom is -0.486 e. The summed E-state index contributed by atoms with van der Waals surface area (Å²) in [6, 6.07) is 14.6. The lowest BCUT2D eigenvalue weighted by Crippen LogP contribution is -2.54. The third kappa shape index (κ3) is 4.03. The molecular weight excluding hydrogens is 452 g/mol. The number of hydrogen-bond acceptors (Lipinski definition) is 9. The molecule has 0 aromatic heterocycles. The molecule has 3 N–H and O–H groups in total. The van der Waals surface area contributed by atoms with Crippen molar-refractivity contribution in [3.8, 4) is 11.5 Å². The highest BCUT2D eigenvalue weighted by molar-refractivity contribution is 8.14. The summed E-state index contributed by atoms with van der Waals surface area (Å²) in [7, 11) is 0. The number of hydrazine groups is 1. The van der Waals surface area contributed by atoms with Crippen LogP contribution < -0.4 is 25.6 Å². The number of nitrogens with zero attached hydrogens (tertiary/aromatic N) is 3. The number of amidine groups is 1. The molecule has 0 aliphatic carbocycles. The maximum Gasteiger partial charge on any atom is 0.234 e. The van der Waals surface area contributed by atoms with Gasteiger partial charge in [0.25, 0.3) is 0 Å². The van der Waals surface area contributed by atoms with Gasteiger partial charge in [0.15, 0.2) is 16.7 Å². The molecule has 2 aromatic carbocycles. The van der Waals surface area contributed by atoms with Crippen molar-refractivity contribution in [3.05, 3.63) is 66.0 Å². The van der Waals surface area contributed by atoms with E-state index in [2.05, 4.69) is 62.4 Å². The lowest BCUT2D eigenvalue weighted by Gasteiger charge is -2.36. The normalized spacial score (nSPS) is 24.3. The van der Waals surface area contributed by atoms with Gasteiger partial charge in [-0.3, -0.25) is 10.2 Å². The van der Waals surface area contributed by atoms with Crippen LogP contribution in [-0.4, -0.2) is 52.2 Å². The number of hydrogen-bond donors (Lipinski definition) is 3. The molecule has 3 unspecified atom stereocenters. The summed E-state index contributed by atoms with van der Waals surface area (Å²) in [6.07, 6.45) is 5.04.